The number of benzene rings is 1. The number of hydrazine groups is 1. The molecule has 1 aromatic carbocycles. The van der Waals surface area contributed by atoms with E-state index >= 15 is 0 Å². The van der Waals surface area contributed by atoms with Gasteiger partial charge >= 0.3 is 12.1 Å². The van der Waals surface area contributed by atoms with Crippen molar-refractivity contribution in [2.75, 3.05) is 12.1 Å². The lowest BCUT2D eigenvalue weighted by Crippen LogP contribution is -2.51. The van der Waals surface area contributed by atoms with E-state index in [9.17, 15) is 9.59 Å². The van der Waals surface area contributed by atoms with Crippen LogP contribution in [0.5, 0.6) is 0 Å². The predicted octanol–water partition coefficient (Wildman–Crippen LogP) is 3.03. The van der Waals surface area contributed by atoms with Gasteiger partial charge in [0.05, 0.1) is 5.69 Å². The zero-order valence-corrected chi connectivity index (χ0v) is 13.4. The van der Waals surface area contributed by atoms with Crippen LogP contribution in [0, 0.1) is 0 Å². The zero-order valence-electron chi connectivity index (χ0n) is 11.9. The van der Waals surface area contributed by atoms with Gasteiger partial charge in [-0.25, -0.2) is 20.0 Å². The molecule has 20 heavy (non-hydrogen) atoms. The first-order valence-corrected chi connectivity index (χ1v) is 6.79. The van der Waals surface area contributed by atoms with E-state index in [2.05, 4.69) is 26.7 Å². The third kappa shape index (κ3) is 5.08. The average Bonchev–Trinajstić information content (AvgIpc) is 2.34. The summed E-state index contributed by atoms with van der Waals surface area (Å²) in [4.78, 5) is 23.6. The Morgan fingerprint density at radius 2 is 1.75 bits per heavy atom. The summed E-state index contributed by atoms with van der Waals surface area (Å²) >= 11 is 3.31. The highest BCUT2D eigenvalue weighted by atomic mass is 79.9. The van der Waals surface area contributed by atoms with Gasteiger partial charge in [0.1, 0.15) is 5.60 Å². The molecule has 0 saturated heterocycles. The lowest BCUT2D eigenvalue weighted by Gasteiger charge is -2.25. The number of urea groups is 1. The van der Waals surface area contributed by atoms with Crippen molar-refractivity contribution in [3.63, 3.8) is 0 Å². The van der Waals surface area contributed by atoms with Crippen LogP contribution in [0.15, 0.2) is 28.7 Å². The van der Waals surface area contributed by atoms with Crippen LogP contribution >= 0.6 is 15.9 Å². The number of hydrogen-bond donors (Lipinski definition) is 2. The minimum atomic E-state index is -0.705. The third-order valence-corrected chi connectivity index (χ3v) is 2.63. The maximum Gasteiger partial charge on any atom is 0.427 e. The van der Waals surface area contributed by atoms with Crippen molar-refractivity contribution in [3.05, 3.63) is 28.7 Å². The van der Waals surface area contributed by atoms with Gasteiger partial charge in [0, 0.05) is 11.5 Å². The average molecular weight is 344 g/mol. The van der Waals surface area contributed by atoms with Crippen LogP contribution in [0.1, 0.15) is 20.8 Å². The van der Waals surface area contributed by atoms with Crippen molar-refractivity contribution >= 4 is 33.7 Å². The Labute approximate surface area is 126 Å². The molecule has 0 radical (unpaired) electrons. The molecule has 0 aromatic heterocycles. The van der Waals surface area contributed by atoms with Crippen molar-refractivity contribution in [1.29, 1.82) is 0 Å². The van der Waals surface area contributed by atoms with Gasteiger partial charge in [-0.2, -0.15) is 0 Å². The summed E-state index contributed by atoms with van der Waals surface area (Å²) < 4.78 is 6.00. The lowest BCUT2D eigenvalue weighted by molar-refractivity contribution is 0.0524. The fourth-order valence-electron chi connectivity index (χ4n) is 1.33. The molecule has 6 nitrogen and oxygen atoms in total. The van der Waals surface area contributed by atoms with Crippen molar-refractivity contribution < 1.29 is 14.3 Å². The predicted molar refractivity (Wildman–Crippen MR) is 80.4 cm³/mol. The quantitative estimate of drug-likeness (QED) is 0.770. The Morgan fingerprint density at radius 3 is 2.20 bits per heavy atom. The number of halogens is 1. The van der Waals surface area contributed by atoms with Crippen LogP contribution in [-0.4, -0.2) is 24.8 Å². The maximum atomic E-state index is 11.8. The Hall–Kier alpha value is -1.76. The van der Waals surface area contributed by atoms with Gasteiger partial charge in [-0.15, -0.1) is 0 Å². The van der Waals surface area contributed by atoms with Crippen molar-refractivity contribution in [1.82, 2.24) is 10.7 Å². The first-order chi connectivity index (χ1) is 9.23. The second kappa shape index (κ2) is 6.60. The molecule has 2 N–H and O–H groups in total. The van der Waals surface area contributed by atoms with Crippen LogP contribution in [0.3, 0.4) is 0 Å². The number of anilines is 1. The fraction of sp³-hybridized carbons (Fsp3) is 0.385. The highest BCUT2D eigenvalue weighted by molar-refractivity contribution is 9.10. The molecular formula is C13H18BrN3O3. The highest BCUT2D eigenvalue weighted by Crippen LogP contribution is 2.17. The monoisotopic (exact) mass is 343 g/mol. The molecule has 0 atom stereocenters. The molecule has 0 heterocycles. The topological polar surface area (TPSA) is 70.7 Å². The molecule has 1 rings (SSSR count). The molecule has 0 saturated carbocycles. The number of ether oxygens (including phenoxy) is 1. The molecule has 110 valence electrons. The summed E-state index contributed by atoms with van der Waals surface area (Å²) in [6, 6.07) is 6.44. The van der Waals surface area contributed by atoms with Gasteiger partial charge in [-0.05, 0) is 45.0 Å². The van der Waals surface area contributed by atoms with E-state index in [-0.39, 0.29) is 0 Å². The molecule has 0 aliphatic carbocycles. The van der Waals surface area contributed by atoms with Gasteiger partial charge in [0.15, 0.2) is 0 Å². The van der Waals surface area contributed by atoms with Crippen molar-refractivity contribution in [3.8, 4) is 0 Å². The first-order valence-electron chi connectivity index (χ1n) is 6.00. The number of nitrogens with one attached hydrogen (secondary N) is 2. The summed E-state index contributed by atoms with van der Waals surface area (Å²) in [7, 11) is 1.48. The van der Waals surface area contributed by atoms with Crippen molar-refractivity contribution in [2.24, 2.45) is 0 Å². The first kappa shape index (κ1) is 16.3. The van der Waals surface area contributed by atoms with Crippen LogP contribution < -0.4 is 15.8 Å². The number of rotatable bonds is 1. The molecule has 0 fully saturated rings. The summed E-state index contributed by atoms with van der Waals surface area (Å²) in [6.07, 6.45) is -0.705. The largest absolute Gasteiger partial charge is 0.443 e. The molecule has 0 unspecified atom stereocenters. The summed E-state index contributed by atoms with van der Waals surface area (Å²) in [6.45, 7) is 5.24. The Balaban J connectivity index is 2.88. The molecule has 1 aromatic rings. The molecule has 0 aliphatic rings. The van der Waals surface area contributed by atoms with Gasteiger partial charge in [-0.1, -0.05) is 15.9 Å². The van der Waals surface area contributed by atoms with E-state index in [1.165, 1.54) is 7.05 Å². The second-order valence-corrected chi connectivity index (χ2v) is 5.90. The van der Waals surface area contributed by atoms with E-state index in [1.54, 1.807) is 45.0 Å². The second-order valence-electron chi connectivity index (χ2n) is 4.98. The normalized spacial score (nSPS) is 10.7. The van der Waals surface area contributed by atoms with Gasteiger partial charge in [0.2, 0.25) is 0 Å². The maximum absolute atomic E-state index is 11.8. The Morgan fingerprint density at radius 1 is 1.20 bits per heavy atom. The minimum Gasteiger partial charge on any atom is -0.443 e. The molecule has 0 spiro atoms. The Bertz CT molecular complexity index is 483. The van der Waals surface area contributed by atoms with E-state index in [4.69, 9.17) is 4.74 Å². The smallest absolute Gasteiger partial charge is 0.427 e. The number of hydrogen-bond acceptors (Lipinski definition) is 3. The van der Waals surface area contributed by atoms with Crippen LogP contribution in [-0.2, 0) is 4.74 Å². The highest BCUT2D eigenvalue weighted by Gasteiger charge is 2.21. The molecule has 0 aliphatic heterocycles. The van der Waals surface area contributed by atoms with Gasteiger partial charge in [0.25, 0.3) is 0 Å². The third-order valence-electron chi connectivity index (χ3n) is 2.10. The number of amides is 3. The van der Waals surface area contributed by atoms with Gasteiger partial charge in [-0.3, -0.25) is 0 Å². The van der Waals surface area contributed by atoms with Crippen LogP contribution in [0.25, 0.3) is 0 Å². The molecule has 7 heteroatoms. The minimum absolute atomic E-state index is 0.474. The summed E-state index contributed by atoms with van der Waals surface area (Å²) in [5, 5.41) is 3.54. The number of carbonyl (C=O) groups excluding carboxylic acids is 2. The number of nitrogens with zero attached hydrogens (tertiary/aromatic N) is 1. The van der Waals surface area contributed by atoms with E-state index in [0.29, 0.717) is 5.69 Å². The van der Waals surface area contributed by atoms with E-state index in [0.717, 1.165) is 9.48 Å². The number of carbonyl (C=O) groups is 2. The summed E-state index contributed by atoms with van der Waals surface area (Å²) in [5.74, 6) is 0. The van der Waals surface area contributed by atoms with Crippen LogP contribution in [0.4, 0.5) is 15.3 Å². The lowest BCUT2D eigenvalue weighted by atomic mass is 10.2. The molecule has 0 bridgehead atoms. The standard InChI is InChI=1S/C13H18BrN3O3/c1-13(2,3)20-12(19)16-17(11(18)15-4)10-7-5-9(14)6-8-10/h5-8H,1-4H3,(H,15,18)(H,16,19). The van der Waals surface area contributed by atoms with E-state index in [1.807, 2.05) is 0 Å². The van der Waals surface area contributed by atoms with Crippen molar-refractivity contribution in [2.45, 2.75) is 26.4 Å². The Kier molecular flexibility index (Phi) is 5.38. The fourth-order valence-corrected chi connectivity index (χ4v) is 1.59. The SMILES string of the molecule is CNC(=O)N(NC(=O)OC(C)(C)C)c1ccc(Br)cc1. The van der Waals surface area contributed by atoms with E-state index < -0.39 is 17.7 Å². The zero-order chi connectivity index (χ0) is 15.3. The summed E-state index contributed by atoms with van der Waals surface area (Å²) in [5.41, 5.74) is 2.28. The molecule has 3 amide bonds. The molecular weight excluding hydrogens is 326 g/mol. The van der Waals surface area contributed by atoms with Crippen LogP contribution in [0.2, 0.25) is 0 Å². The van der Waals surface area contributed by atoms with Gasteiger partial charge < -0.3 is 10.1 Å².